The standard InChI is InChI=1S/C12H15NO2/c14-9-10-3-5-11(6-4-10)12(15)7-1-2-8-13-12/h3-6,9,13,15H,1-2,7-8H2/t12-/m0/s1. The fourth-order valence-electron chi connectivity index (χ4n) is 1.97. The molecule has 1 fully saturated rings. The van der Waals surface area contributed by atoms with Gasteiger partial charge in [-0.1, -0.05) is 24.3 Å². The molecule has 3 heteroatoms. The predicted octanol–water partition coefficient (Wildman–Crippen LogP) is 1.42. The summed E-state index contributed by atoms with van der Waals surface area (Å²) < 4.78 is 0. The summed E-state index contributed by atoms with van der Waals surface area (Å²) in [5.74, 6) is 0. The molecular formula is C12H15NO2. The van der Waals surface area contributed by atoms with Gasteiger partial charge in [-0.25, -0.2) is 0 Å². The van der Waals surface area contributed by atoms with Crippen molar-refractivity contribution >= 4 is 6.29 Å². The fourth-order valence-corrected chi connectivity index (χ4v) is 1.97. The van der Waals surface area contributed by atoms with Gasteiger partial charge in [-0.05, 0) is 31.4 Å². The number of piperidine rings is 1. The Bertz CT molecular complexity index is 339. The van der Waals surface area contributed by atoms with Gasteiger partial charge in [-0.3, -0.25) is 10.1 Å². The average molecular weight is 205 g/mol. The first-order valence-electron chi connectivity index (χ1n) is 5.28. The molecule has 2 rings (SSSR count). The molecule has 1 aliphatic heterocycles. The summed E-state index contributed by atoms with van der Waals surface area (Å²) in [6.45, 7) is 0.839. The van der Waals surface area contributed by atoms with Crippen molar-refractivity contribution in [3.63, 3.8) is 0 Å². The third kappa shape index (κ3) is 2.08. The van der Waals surface area contributed by atoms with Gasteiger partial charge in [-0.2, -0.15) is 0 Å². The molecule has 0 aliphatic carbocycles. The number of rotatable bonds is 2. The monoisotopic (exact) mass is 205 g/mol. The van der Waals surface area contributed by atoms with E-state index in [9.17, 15) is 9.90 Å². The first-order valence-corrected chi connectivity index (χ1v) is 5.28. The summed E-state index contributed by atoms with van der Waals surface area (Å²) in [5, 5.41) is 13.4. The summed E-state index contributed by atoms with van der Waals surface area (Å²) in [6.07, 6.45) is 3.67. The van der Waals surface area contributed by atoms with E-state index in [-0.39, 0.29) is 0 Å². The largest absolute Gasteiger partial charge is 0.372 e. The Morgan fingerprint density at radius 3 is 2.53 bits per heavy atom. The minimum atomic E-state index is -0.903. The molecule has 1 saturated heterocycles. The van der Waals surface area contributed by atoms with Crippen molar-refractivity contribution in [3.8, 4) is 0 Å². The van der Waals surface area contributed by atoms with Crippen LogP contribution in [0.3, 0.4) is 0 Å². The van der Waals surface area contributed by atoms with E-state index in [1.54, 1.807) is 12.1 Å². The Hall–Kier alpha value is -1.19. The van der Waals surface area contributed by atoms with Crippen LogP contribution in [0.5, 0.6) is 0 Å². The molecule has 3 nitrogen and oxygen atoms in total. The maximum Gasteiger partial charge on any atom is 0.150 e. The molecule has 0 aromatic heterocycles. The molecule has 1 aliphatic rings. The van der Waals surface area contributed by atoms with Crippen molar-refractivity contribution in [2.45, 2.75) is 25.0 Å². The van der Waals surface area contributed by atoms with Crippen LogP contribution in [0.2, 0.25) is 0 Å². The van der Waals surface area contributed by atoms with E-state index >= 15 is 0 Å². The molecular weight excluding hydrogens is 190 g/mol. The van der Waals surface area contributed by atoms with Crippen molar-refractivity contribution in [2.24, 2.45) is 0 Å². The van der Waals surface area contributed by atoms with Crippen molar-refractivity contribution in [2.75, 3.05) is 6.54 Å². The minimum absolute atomic E-state index is 0.637. The van der Waals surface area contributed by atoms with Gasteiger partial charge in [0.2, 0.25) is 0 Å². The average Bonchev–Trinajstić information content (AvgIpc) is 2.30. The first-order chi connectivity index (χ1) is 7.24. The van der Waals surface area contributed by atoms with Crippen LogP contribution < -0.4 is 5.32 Å². The van der Waals surface area contributed by atoms with Gasteiger partial charge in [0.15, 0.2) is 0 Å². The highest BCUT2D eigenvalue weighted by Crippen LogP contribution is 2.27. The zero-order valence-corrected chi connectivity index (χ0v) is 8.57. The zero-order valence-electron chi connectivity index (χ0n) is 8.57. The second kappa shape index (κ2) is 4.13. The van der Waals surface area contributed by atoms with E-state index in [0.29, 0.717) is 5.56 Å². The SMILES string of the molecule is O=Cc1ccc([C@@]2(O)CCCCN2)cc1. The molecule has 2 N–H and O–H groups in total. The summed E-state index contributed by atoms with van der Waals surface area (Å²) in [7, 11) is 0. The van der Waals surface area contributed by atoms with E-state index in [1.807, 2.05) is 12.1 Å². The lowest BCUT2D eigenvalue weighted by Crippen LogP contribution is -2.45. The summed E-state index contributed by atoms with van der Waals surface area (Å²) in [5.41, 5.74) is 0.575. The lowest BCUT2D eigenvalue weighted by molar-refractivity contribution is -0.0240. The van der Waals surface area contributed by atoms with Gasteiger partial charge in [0.05, 0.1) is 0 Å². The molecule has 1 aromatic rings. The molecule has 0 spiro atoms. The number of nitrogens with one attached hydrogen (secondary N) is 1. The molecule has 0 bridgehead atoms. The van der Waals surface area contributed by atoms with Crippen molar-refractivity contribution in [1.29, 1.82) is 0 Å². The highest BCUT2D eigenvalue weighted by Gasteiger charge is 2.30. The van der Waals surface area contributed by atoms with Gasteiger partial charge in [-0.15, -0.1) is 0 Å². The normalized spacial score (nSPS) is 26.2. The predicted molar refractivity (Wildman–Crippen MR) is 57.6 cm³/mol. The Morgan fingerprint density at radius 2 is 2.00 bits per heavy atom. The molecule has 15 heavy (non-hydrogen) atoms. The van der Waals surface area contributed by atoms with Crippen molar-refractivity contribution in [1.82, 2.24) is 5.32 Å². The molecule has 1 heterocycles. The van der Waals surface area contributed by atoms with Crippen LogP contribution in [0.4, 0.5) is 0 Å². The van der Waals surface area contributed by atoms with Crippen LogP contribution >= 0.6 is 0 Å². The highest BCUT2D eigenvalue weighted by atomic mass is 16.3. The van der Waals surface area contributed by atoms with E-state index < -0.39 is 5.72 Å². The van der Waals surface area contributed by atoms with Crippen molar-refractivity contribution < 1.29 is 9.90 Å². The summed E-state index contributed by atoms with van der Waals surface area (Å²) in [4.78, 5) is 10.5. The smallest absolute Gasteiger partial charge is 0.150 e. The third-order valence-corrected chi connectivity index (χ3v) is 2.91. The van der Waals surface area contributed by atoms with E-state index in [0.717, 1.165) is 37.7 Å². The molecule has 80 valence electrons. The maximum absolute atomic E-state index is 10.5. The van der Waals surface area contributed by atoms with Crippen LogP contribution in [0.1, 0.15) is 35.2 Å². The number of hydrogen-bond acceptors (Lipinski definition) is 3. The van der Waals surface area contributed by atoms with Gasteiger partial charge in [0.1, 0.15) is 12.0 Å². The Kier molecular flexibility index (Phi) is 2.84. The lowest BCUT2D eigenvalue weighted by atomic mass is 9.93. The van der Waals surface area contributed by atoms with Crippen LogP contribution in [0.15, 0.2) is 24.3 Å². The van der Waals surface area contributed by atoms with Crippen molar-refractivity contribution in [3.05, 3.63) is 35.4 Å². The Morgan fingerprint density at radius 1 is 1.27 bits per heavy atom. The molecule has 0 radical (unpaired) electrons. The zero-order chi connectivity index (χ0) is 10.7. The summed E-state index contributed by atoms with van der Waals surface area (Å²) in [6, 6.07) is 7.08. The second-order valence-electron chi connectivity index (χ2n) is 3.98. The third-order valence-electron chi connectivity index (χ3n) is 2.91. The molecule has 1 aromatic carbocycles. The number of carbonyl (C=O) groups is 1. The Labute approximate surface area is 89.1 Å². The topological polar surface area (TPSA) is 49.3 Å². The maximum atomic E-state index is 10.5. The van der Waals surface area contributed by atoms with Crippen LogP contribution in [0, 0.1) is 0 Å². The molecule has 0 unspecified atom stereocenters. The number of aldehydes is 1. The fraction of sp³-hybridized carbons (Fsp3) is 0.417. The quantitative estimate of drug-likeness (QED) is 0.718. The van der Waals surface area contributed by atoms with E-state index in [2.05, 4.69) is 5.32 Å². The molecule has 0 saturated carbocycles. The van der Waals surface area contributed by atoms with Gasteiger partial charge >= 0.3 is 0 Å². The van der Waals surface area contributed by atoms with E-state index in [1.165, 1.54) is 0 Å². The van der Waals surface area contributed by atoms with Crippen LogP contribution in [0.25, 0.3) is 0 Å². The number of carbonyl (C=O) groups excluding carboxylic acids is 1. The van der Waals surface area contributed by atoms with Gasteiger partial charge < -0.3 is 5.11 Å². The second-order valence-corrected chi connectivity index (χ2v) is 3.98. The van der Waals surface area contributed by atoms with Crippen LogP contribution in [-0.4, -0.2) is 17.9 Å². The van der Waals surface area contributed by atoms with E-state index in [4.69, 9.17) is 0 Å². The number of aliphatic hydroxyl groups is 1. The number of benzene rings is 1. The van der Waals surface area contributed by atoms with Gasteiger partial charge in [0, 0.05) is 5.56 Å². The lowest BCUT2D eigenvalue weighted by Gasteiger charge is -2.33. The molecule has 1 atom stereocenters. The first kappa shape index (κ1) is 10.3. The number of hydrogen-bond donors (Lipinski definition) is 2. The summed E-state index contributed by atoms with van der Waals surface area (Å²) >= 11 is 0. The minimum Gasteiger partial charge on any atom is -0.372 e. The Balaban J connectivity index is 2.23. The molecule has 0 amide bonds. The van der Waals surface area contributed by atoms with Gasteiger partial charge in [0.25, 0.3) is 0 Å². The highest BCUT2D eigenvalue weighted by molar-refractivity contribution is 5.74. The van der Waals surface area contributed by atoms with Crippen LogP contribution in [-0.2, 0) is 5.72 Å².